The number of allylic oxidation sites excluding steroid dienone is 1. The Balaban J connectivity index is 3.16. The monoisotopic (exact) mass is 204 g/mol. The van der Waals surface area contributed by atoms with Gasteiger partial charge < -0.3 is 4.74 Å². The minimum atomic E-state index is -0.104. The molecule has 0 aromatic heterocycles. The molecule has 0 atom stereocenters. The lowest BCUT2D eigenvalue weighted by Gasteiger charge is -2.01. The summed E-state index contributed by atoms with van der Waals surface area (Å²) in [5, 5.41) is 0.691. The van der Waals surface area contributed by atoms with E-state index in [0.717, 1.165) is 25.7 Å². The van der Waals surface area contributed by atoms with Crippen LogP contribution in [0.1, 0.15) is 39.0 Å². The number of unbranched alkanes of at least 4 members (excludes halogenated alkanes) is 2. The molecule has 0 aromatic carbocycles. The van der Waals surface area contributed by atoms with Gasteiger partial charge >= 0.3 is 5.97 Å². The van der Waals surface area contributed by atoms with Crippen LogP contribution in [-0.4, -0.2) is 12.6 Å². The lowest BCUT2D eigenvalue weighted by molar-refractivity contribution is -0.143. The fourth-order valence-corrected chi connectivity index (χ4v) is 1.13. The van der Waals surface area contributed by atoms with Gasteiger partial charge in [-0.15, -0.1) is 0 Å². The quantitative estimate of drug-likeness (QED) is 0.470. The highest BCUT2D eigenvalue weighted by Crippen LogP contribution is 2.11. The Morgan fingerprint density at radius 1 is 1.31 bits per heavy atom. The van der Waals surface area contributed by atoms with Crippen molar-refractivity contribution in [3.63, 3.8) is 0 Å². The van der Waals surface area contributed by atoms with Gasteiger partial charge in [-0.05, 0) is 26.2 Å². The summed E-state index contributed by atoms with van der Waals surface area (Å²) in [4.78, 5) is 10.9. The third kappa shape index (κ3) is 9.41. The number of hydrogen-bond acceptors (Lipinski definition) is 2. The van der Waals surface area contributed by atoms with E-state index in [1.807, 2.05) is 6.92 Å². The van der Waals surface area contributed by atoms with E-state index in [-0.39, 0.29) is 5.97 Å². The fraction of sp³-hybridized carbons (Fsp3) is 0.700. The van der Waals surface area contributed by atoms with Gasteiger partial charge in [-0.2, -0.15) is 0 Å². The topological polar surface area (TPSA) is 26.3 Å². The second-order valence-electron chi connectivity index (χ2n) is 2.88. The smallest absolute Gasteiger partial charge is 0.305 e. The molecule has 0 saturated heterocycles. The third-order valence-corrected chi connectivity index (χ3v) is 1.82. The number of hydrogen-bond donors (Lipinski definition) is 0. The Labute approximate surface area is 84.9 Å². The van der Waals surface area contributed by atoms with E-state index in [9.17, 15) is 4.79 Å². The molecule has 0 radical (unpaired) electrons. The van der Waals surface area contributed by atoms with Crippen LogP contribution in [-0.2, 0) is 9.53 Å². The number of ether oxygens (including phenoxy) is 1. The molecule has 0 bridgehead atoms. The molecule has 3 heteroatoms. The third-order valence-electron chi connectivity index (χ3n) is 1.63. The van der Waals surface area contributed by atoms with Gasteiger partial charge in [0.1, 0.15) is 0 Å². The molecule has 0 fully saturated rings. The van der Waals surface area contributed by atoms with Crippen LogP contribution in [0.25, 0.3) is 0 Å². The molecule has 0 spiro atoms. The van der Waals surface area contributed by atoms with E-state index in [1.165, 1.54) is 0 Å². The Morgan fingerprint density at radius 2 is 1.92 bits per heavy atom. The van der Waals surface area contributed by atoms with Gasteiger partial charge in [0, 0.05) is 11.5 Å². The van der Waals surface area contributed by atoms with Crippen LogP contribution in [0.5, 0.6) is 0 Å². The predicted octanol–water partition coefficient (Wildman–Crippen LogP) is 3.25. The second-order valence-corrected chi connectivity index (χ2v) is 3.42. The summed E-state index contributed by atoms with van der Waals surface area (Å²) < 4.78 is 4.79. The van der Waals surface area contributed by atoms with Crippen molar-refractivity contribution < 1.29 is 9.53 Å². The predicted molar refractivity (Wildman–Crippen MR) is 54.7 cm³/mol. The van der Waals surface area contributed by atoms with Crippen molar-refractivity contribution in [2.75, 3.05) is 6.61 Å². The first-order valence-corrected chi connectivity index (χ1v) is 5.03. The van der Waals surface area contributed by atoms with Crippen LogP contribution in [0.15, 0.2) is 11.6 Å². The molecule has 0 amide bonds. The molecule has 0 unspecified atom stereocenters. The van der Waals surface area contributed by atoms with Crippen LogP contribution in [0.2, 0.25) is 0 Å². The number of carbonyl (C=O) groups excluding carboxylic acids is 1. The molecule has 2 nitrogen and oxygen atoms in total. The minimum absolute atomic E-state index is 0.104. The number of carbonyl (C=O) groups is 1. The summed E-state index contributed by atoms with van der Waals surface area (Å²) in [6.45, 7) is 5.88. The molecular formula is C10H17ClO2. The maximum Gasteiger partial charge on any atom is 0.305 e. The van der Waals surface area contributed by atoms with Crippen LogP contribution < -0.4 is 0 Å². The molecule has 13 heavy (non-hydrogen) atoms. The van der Waals surface area contributed by atoms with Gasteiger partial charge in [-0.3, -0.25) is 4.79 Å². The Bertz CT molecular complexity index is 166. The Kier molecular flexibility index (Phi) is 7.80. The maximum absolute atomic E-state index is 10.9. The SMILES string of the molecule is C=C(Cl)CCCCCC(=O)OCC. The number of esters is 1. The van der Waals surface area contributed by atoms with Gasteiger partial charge in [0.15, 0.2) is 0 Å². The highest BCUT2D eigenvalue weighted by Gasteiger charge is 2.00. The van der Waals surface area contributed by atoms with Crippen LogP contribution in [0, 0.1) is 0 Å². The van der Waals surface area contributed by atoms with E-state index < -0.39 is 0 Å². The molecule has 0 aliphatic carbocycles. The number of halogens is 1. The maximum atomic E-state index is 10.9. The standard InChI is InChI=1S/C10H17ClO2/c1-3-13-10(12)8-6-4-5-7-9(2)11/h2-8H2,1H3. The largest absolute Gasteiger partial charge is 0.466 e. The Morgan fingerprint density at radius 3 is 2.46 bits per heavy atom. The Hall–Kier alpha value is -0.500. The van der Waals surface area contributed by atoms with Gasteiger partial charge in [-0.1, -0.05) is 24.6 Å². The van der Waals surface area contributed by atoms with Crippen molar-refractivity contribution in [2.24, 2.45) is 0 Å². The molecular weight excluding hydrogens is 188 g/mol. The molecule has 0 aromatic rings. The summed E-state index contributed by atoms with van der Waals surface area (Å²) in [7, 11) is 0. The zero-order valence-corrected chi connectivity index (χ0v) is 8.90. The minimum Gasteiger partial charge on any atom is -0.466 e. The number of rotatable bonds is 7. The van der Waals surface area contributed by atoms with E-state index in [2.05, 4.69) is 6.58 Å². The van der Waals surface area contributed by atoms with Gasteiger partial charge in [0.2, 0.25) is 0 Å². The van der Waals surface area contributed by atoms with Crippen molar-refractivity contribution >= 4 is 17.6 Å². The summed E-state index contributed by atoms with van der Waals surface area (Å²) >= 11 is 5.58. The van der Waals surface area contributed by atoms with Gasteiger partial charge in [-0.25, -0.2) is 0 Å². The first-order valence-electron chi connectivity index (χ1n) is 4.65. The normalized spacial score (nSPS) is 9.69. The van der Waals surface area contributed by atoms with Crippen molar-refractivity contribution in [2.45, 2.75) is 39.0 Å². The highest BCUT2D eigenvalue weighted by molar-refractivity contribution is 6.29. The van der Waals surface area contributed by atoms with Gasteiger partial charge in [0.05, 0.1) is 6.61 Å². The second kappa shape index (κ2) is 8.11. The van der Waals surface area contributed by atoms with Crippen LogP contribution in [0.4, 0.5) is 0 Å². The molecule has 76 valence electrons. The van der Waals surface area contributed by atoms with Crippen molar-refractivity contribution in [1.29, 1.82) is 0 Å². The summed E-state index contributed by atoms with van der Waals surface area (Å²) in [6.07, 6.45) is 4.24. The van der Waals surface area contributed by atoms with Crippen molar-refractivity contribution in [3.05, 3.63) is 11.6 Å². The van der Waals surface area contributed by atoms with Crippen molar-refractivity contribution in [3.8, 4) is 0 Å². The molecule has 0 saturated carbocycles. The molecule has 0 aliphatic rings. The van der Waals surface area contributed by atoms with E-state index in [1.54, 1.807) is 0 Å². The zero-order valence-electron chi connectivity index (χ0n) is 8.14. The highest BCUT2D eigenvalue weighted by atomic mass is 35.5. The van der Waals surface area contributed by atoms with Crippen LogP contribution >= 0.6 is 11.6 Å². The lowest BCUT2D eigenvalue weighted by Crippen LogP contribution is -2.03. The summed E-state index contributed by atoms with van der Waals surface area (Å²) in [5.74, 6) is -0.104. The van der Waals surface area contributed by atoms with Crippen molar-refractivity contribution in [1.82, 2.24) is 0 Å². The molecule has 0 N–H and O–H groups in total. The first-order chi connectivity index (χ1) is 6.16. The summed E-state index contributed by atoms with van der Waals surface area (Å²) in [6, 6.07) is 0. The van der Waals surface area contributed by atoms with Crippen LogP contribution in [0.3, 0.4) is 0 Å². The van der Waals surface area contributed by atoms with E-state index in [0.29, 0.717) is 18.1 Å². The van der Waals surface area contributed by atoms with Gasteiger partial charge in [0.25, 0.3) is 0 Å². The zero-order chi connectivity index (χ0) is 10.1. The lowest BCUT2D eigenvalue weighted by atomic mass is 10.1. The molecule has 0 aliphatic heterocycles. The average molecular weight is 205 g/mol. The first kappa shape index (κ1) is 12.5. The molecule has 0 rings (SSSR count). The summed E-state index contributed by atoms with van der Waals surface area (Å²) in [5.41, 5.74) is 0. The fourth-order valence-electron chi connectivity index (χ4n) is 0.996. The van der Waals surface area contributed by atoms with E-state index >= 15 is 0 Å². The molecule has 0 heterocycles. The average Bonchev–Trinajstić information content (AvgIpc) is 2.03. The van der Waals surface area contributed by atoms with E-state index in [4.69, 9.17) is 16.3 Å².